The molecule has 0 saturated heterocycles. The molecule has 0 aromatic heterocycles. The Bertz CT molecular complexity index is 854. The van der Waals surface area contributed by atoms with Gasteiger partial charge in [-0.1, -0.05) is 42.5 Å². The Hall–Kier alpha value is -3.40. The van der Waals surface area contributed by atoms with Gasteiger partial charge in [0, 0.05) is 11.3 Å². The van der Waals surface area contributed by atoms with Gasteiger partial charge in [-0.3, -0.25) is 4.79 Å². The molecule has 4 nitrogen and oxygen atoms in total. The molecule has 24 heavy (non-hydrogen) atoms. The SMILES string of the molecule is O=C(O)c1ccc(NC(=O)c2ccc(-c3ccccc3)cc2)cc1. The summed E-state index contributed by atoms with van der Waals surface area (Å²) in [5.74, 6) is -1.23. The van der Waals surface area contributed by atoms with Crippen molar-refractivity contribution in [3.8, 4) is 11.1 Å². The van der Waals surface area contributed by atoms with Gasteiger partial charge in [0.25, 0.3) is 5.91 Å². The third-order valence-electron chi connectivity index (χ3n) is 3.64. The van der Waals surface area contributed by atoms with Crippen LogP contribution in [0.15, 0.2) is 78.9 Å². The quantitative estimate of drug-likeness (QED) is 0.754. The summed E-state index contributed by atoms with van der Waals surface area (Å²) < 4.78 is 0. The van der Waals surface area contributed by atoms with Crippen molar-refractivity contribution in [1.29, 1.82) is 0 Å². The van der Waals surface area contributed by atoms with Gasteiger partial charge in [-0.15, -0.1) is 0 Å². The second-order valence-electron chi connectivity index (χ2n) is 5.28. The Balaban J connectivity index is 1.72. The topological polar surface area (TPSA) is 66.4 Å². The van der Waals surface area contributed by atoms with E-state index in [4.69, 9.17) is 5.11 Å². The first-order valence-electron chi connectivity index (χ1n) is 7.44. The lowest BCUT2D eigenvalue weighted by molar-refractivity contribution is 0.0696. The lowest BCUT2D eigenvalue weighted by Gasteiger charge is -2.07. The van der Waals surface area contributed by atoms with Crippen LogP contribution in [0.4, 0.5) is 5.69 Å². The molecule has 0 spiro atoms. The van der Waals surface area contributed by atoms with Gasteiger partial charge in [0.05, 0.1) is 5.56 Å². The molecule has 0 unspecified atom stereocenters. The maximum Gasteiger partial charge on any atom is 0.335 e. The second-order valence-corrected chi connectivity index (χ2v) is 5.28. The van der Waals surface area contributed by atoms with E-state index in [1.54, 1.807) is 24.3 Å². The van der Waals surface area contributed by atoms with E-state index in [0.717, 1.165) is 11.1 Å². The summed E-state index contributed by atoms with van der Waals surface area (Å²) in [6.07, 6.45) is 0. The number of rotatable bonds is 4. The minimum Gasteiger partial charge on any atom is -0.478 e. The third kappa shape index (κ3) is 3.50. The number of aromatic carboxylic acids is 1. The molecule has 0 fully saturated rings. The van der Waals surface area contributed by atoms with Crippen LogP contribution in [0.2, 0.25) is 0 Å². The summed E-state index contributed by atoms with van der Waals surface area (Å²) in [4.78, 5) is 23.1. The van der Waals surface area contributed by atoms with Crippen LogP contribution in [-0.4, -0.2) is 17.0 Å². The van der Waals surface area contributed by atoms with E-state index in [1.165, 1.54) is 12.1 Å². The summed E-state index contributed by atoms with van der Waals surface area (Å²) in [5.41, 5.74) is 3.40. The third-order valence-corrected chi connectivity index (χ3v) is 3.64. The number of carboxylic acid groups (broad SMARTS) is 1. The van der Waals surface area contributed by atoms with Crippen molar-refractivity contribution in [3.63, 3.8) is 0 Å². The summed E-state index contributed by atoms with van der Waals surface area (Å²) in [5, 5.41) is 11.6. The van der Waals surface area contributed by atoms with Crippen molar-refractivity contribution in [2.45, 2.75) is 0 Å². The van der Waals surface area contributed by atoms with Crippen LogP contribution in [0, 0.1) is 0 Å². The van der Waals surface area contributed by atoms with E-state index in [1.807, 2.05) is 42.5 Å². The van der Waals surface area contributed by atoms with Gasteiger partial charge in [-0.25, -0.2) is 4.79 Å². The zero-order chi connectivity index (χ0) is 16.9. The van der Waals surface area contributed by atoms with E-state index in [-0.39, 0.29) is 11.5 Å². The number of hydrogen-bond acceptors (Lipinski definition) is 2. The van der Waals surface area contributed by atoms with Gasteiger partial charge in [-0.2, -0.15) is 0 Å². The predicted molar refractivity (Wildman–Crippen MR) is 93.2 cm³/mol. The van der Waals surface area contributed by atoms with Crippen LogP contribution in [0.3, 0.4) is 0 Å². The van der Waals surface area contributed by atoms with Crippen LogP contribution in [0.5, 0.6) is 0 Å². The van der Waals surface area contributed by atoms with E-state index in [2.05, 4.69) is 5.32 Å². The first kappa shape index (κ1) is 15.5. The van der Waals surface area contributed by atoms with Crippen molar-refractivity contribution >= 4 is 17.6 Å². The summed E-state index contributed by atoms with van der Waals surface area (Å²) in [7, 11) is 0. The fourth-order valence-electron chi connectivity index (χ4n) is 2.34. The van der Waals surface area contributed by atoms with Gasteiger partial charge < -0.3 is 10.4 Å². The zero-order valence-corrected chi connectivity index (χ0v) is 12.8. The first-order valence-corrected chi connectivity index (χ1v) is 7.44. The number of carboxylic acids is 1. The Labute approximate surface area is 139 Å². The smallest absolute Gasteiger partial charge is 0.335 e. The molecule has 0 radical (unpaired) electrons. The molecule has 0 heterocycles. The number of anilines is 1. The molecular weight excluding hydrogens is 302 g/mol. The van der Waals surface area contributed by atoms with Crippen molar-refractivity contribution < 1.29 is 14.7 Å². The second kappa shape index (κ2) is 6.79. The van der Waals surface area contributed by atoms with Gasteiger partial charge in [0.2, 0.25) is 0 Å². The average molecular weight is 317 g/mol. The lowest BCUT2D eigenvalue weighted by Crippen LogP contribution is -2.11. The van der Waals surface area contributed by atoms with Crippen molar-refractivity contribution in [1.82, 2.24) is 0 Å². The number of carbonyl (C=O) groups excluding carboxylic acids is 1. The summed E-state index contributed by atoms with van der Waals surface area (Å²) in [6, 6.07) is 23.3. The van der Waals surface area contributed by atoms with Crippen molar-refractivity contribution in [3.05, 3.63) is 90.0 Å². The highest BCUT2D eigenvalue weighted by Crippen LogP contribution is 2.20. The minimum absolute atomic E-state index is 0.181. The highest BCUT2D eigenvalue weighted by atomic mass is 16.4. The van der Waals surface area contributed by atoms with Crippen molar-refractivity contribution in [2.24, 2.45) is 0 Å². The molecule has 3 aromatic carbocycles. The largest absolute Gasteiger partial charge is 0.478 e. The lowest BCUT2D eigenvalue weighted by atomic mass is 10.0. The number of benzene rings is 3. The molecule has 4 heteroatoms. The molecule has 0 atom stereocenters. The Morgan fingerprint density at radius 2 is 1.21 bits per heavy atom. The molecule has 3 aromatic rings. The average Bonchev–Trinajstić information content (AvgIpc) is 2.63. The van der Waals surface area contributed by atoms with Crippen LogP contribution >= 0.6 is 0 Å². The maximum absolute atomic E-state index is 12.3. The fraction of sp³-hybridized carbons (Fsp3) is 0. The molecule has 1 amide bonds. The highest BCUT2D eigenvalue weighted by Gasteiger charge is 2.08. The maximum atomic E-state index is 12.3. The number of nitrogens with one attached hydrogen (secondary N) is 1. The van der Waals surface area contributed by atoms with Gasteiger partial charge >= 0.3 is 5.97 Å². The van der Waals surface area contributed by atoms with E-state index < -0.39 is 5.97 Å². The monoisotopic (exact) mass is 317 g/mol. The number of amides is 1. The number of hydrogen-bond donors (Lipinski definition) is 2. The Kier molecular flexibility index (Phi) is 4.38. The van der Waals surface area contributed by atoms with E-state index in [0.29, 0.717) is 11.3 Å². The molecule has 0 aliphatic carbocycles. The molecule has 0 aliphatic heterocycles. The zero-order valence-electron chi connectivity index (χ0n) is 12.8. The van der Waals surface area contributed by atoms with Gasteiger partial charge in [0.15, 0.2) is 0 Å². The summed E-state index contributed by atoms with van der Waals surface area (Å²) in [6.45, 7) is 0. The predicted octanol–water partition coefficient (Wildman–Crippen LogP) is 4.30. The minimum atomic E-state index is -0.996. The summed E-state index contributed by atoms with van der Waals surface area (Å²) >= 11 is 0. The molecular formula is C20H15NO3. The van der Waals surface area contributed by atoms with Crippen molar-refractivity contribution in [2.75, 3.05) is 5.32 Å². The standard InChI is InChI=1S/C20H15NO3/c22-19(21-18-12-10-17(11-13-18)20(23)24)16-8-6-15(7-9-16)14-4-2-1-3-5-14/h1-13H,(H,21,22)(H,23,24). The Morgan fingerprint density at radius 3 is 1.79 bits per heavy atom. The highest BCUT2D eigenvalue weighted by molar-refractivity contribution is 6.04. The fourth-order valence-corrected chi connectivity index (χ4v) is 2.34. The van der Waals surface area contributed by atoms with Crippen LogP contribution < -0.4 is 5.32 Å². The van der Waals surface area contributed by atoms with Crippen LogP contribution in [0.25, 0.3) is 11.1 Å². The molecule has 3 rings (SSSR count). The van der Waals surface area contributed by atoms with Gasteiger partial charge in [0.1, 0.15) is 0 Å². The van der Waals surface area contributed by atoms with Crippen LogP contribution in [0.1, 0.15) is 20.7 Å². The Morgan fingerprint density at radius 1 is 0.667 bits per heavy atom. The normalized spacial score (nSPS) is 10.2. The molecule has 0 aliphatic rings. The molecule has 0 bridgehead atoms. The molecule has 2 N–H and O–H groups in total. The van der Waals surface area contributed by atoms with E-state index >= 15 is 0 Å². The van der Waals surface area contributed by atoms with E-state index in [9.17, 15) is 9.59 Å². The molecule has 118 valence electrons. The number of carbonyl (C=O) groups is 2. The van der Waals surface area contributed by atoms with Crippen LogP contribution in [-0.2, 0) is 0 Å². The molecule has 0 saturated carbocycles. The first-order chi connectivity index (χ1) is 11.6. The van der Waals surface area contributed by atoms with Gasteiger partial charge in [-0.05, 0) is 47.5 Å².